The molecule has 0 saturated carbocycles. The van der Waals surface area contributed by atoms with Crippen LogP contribution in [0.2, 0.25) is 0 Å². The molecule has 8 heteroatoms. The van der Waals surface area contributed by atoms with Crippen LogP contribution in [0.5, 0.6) is 0 Å². The Hall–Kier alpha value is -3.88. The third-order valence-corrected chi connectivity index (χ3v) is 2.45. The number of rotatable bonds is 0. The van der Waals surface area contributed by atoms with E-state index in [-0.39, 0.29) is 0 Å². The quantitative estimate of drug-likeness (QED) is 0.383. The maximum absolute atomic E-state index is 8.77. The lowest BCUT2D eigenvalue weighted by atomic mass is 10.1. The molecule has 0 heterocycles. The van der Waals surface area contributed by atoms with Crippen LogP contribution in [-0.4, -0.2) is 0 Å². The zero-order chi connectivity index (χ0) is 15.4. The highest BCUT2D eigenvalue weighted by Crippen LogP contribution is 1.81. The van der Waals surface area contributed by atoms with Crippen molar-refractivity contribution < 1.29 is 0 Å². The van der Waals surface area contributed by atoms with Crippen LogP contribution in [0.4, 0.5) is 0 Å². The van der Waals surface area contributed by atoms with Gasteiger partial charge in [0.2, 0.25) is 0 Å². The molecule has 0 bridgehead atoms. The summed E-state index contributed by atoms with van der Waals surface area (Å²) in [6.07, 6.45) is 0. The molecular weight excluding hydrogens is 256 g/mol. The summed E-state index contributed by atoms with van der Waals surface area (Å²) in [5, 5.41) is 62.5. The van der Waals surface area contributed by atoms with E-state index in [4.69, 9.17) is 42.7 Å². The van der Waals surface area contributed by atoms with Gasteiger partial charge in [0.15, 0.2) is 0 Å². The van der Waals surface area contributed by atoms with Crippen LogP contribution in [0.15, 0.2) is 0 Å². The first-order valence-corrected chi connectivity index (χ1v) is 4.89. The minimum absolute atomic E-state index is 0.441. The Morgan fingerprint density at radius 3 is 0.900 bits per heavy atom. The molecule has 20 heavy (non-hydrogen) atoms. The molecule has 0 amide bonds. The maximum Gasteiger partial charge on any atom is 0.141 e. The molecule has 8 nitrogen and oxygen atoms in total. The van der Waals surface area contributed by atoms with Gasteiger partial charge in [0.05, 0.1) is 31.9 Å². The lowest BCUT2D eigenvalue weighted by Gasteiger charge is -1.93. The van der Waals surface area contributed by atoms with Gasteiger partial charge in [-0.3, -0.25) is 21.6 Å². The molecule has 0 aliphatic rings. The van der Waals surface area contributed by atoms with Gasteiger partial charge in [-0.15, -0.1) is 0 Å². The van der Waals surface area contributed by atoms with Gasteiger partial charge < -0.3 is 0 Å². The van der Waals surface area contributed by atoms with Crippen LogP contribution in [0.25, 0.3) is 11.1 Å². The highest BCUT2D eigenvalue weighted by Gasteiger charge is 2.08. The SMILES string of the molecule is N#CC(C#N)=c1c(=N)c(=N)c(=C(C#N)C#N)c(=N)c1=N. The van der Waals surface area contributed by atoms with Gasteiger partial charge >= 0.3 is 0 Å². The maximum atomic E-state index is 8.77. The zero-order valence-electron chi connectivity index (χ0n) is 9.79. The zero-order valence-corrected chi connectivity index (χ0v) is 9.79. The fourth-order valence-corrected chi connectivity index (χ4v) is 1.52. The topological polar surface area (TPSA) is 191 Å². The molecule has 4 N–H and O–H groups in total. The lowest BCUT2D eigenvalue weighted by Crippen LogP contribution is -2.65. The molecule has 1 aromatic rings. The van der Waals surface area contributed by atoms with E-state index >= 15 is 0 Å². The molecule has 0 spiro atoms. The summed E-state index contributed by atoms with van der Waals surface area (Å²) < 4.78 is 0. The summed E-state index contributed by atoms with van der Waals surface area (Å²) in [7, 11) is 0. The second-order valence-electron chi connectivity index (χ2n) is 3.45. The molecule has 0 fully saturated rings. The standard InChI is InChI=1S/C12H4N8/c13-1-5(2-14)7-9(17)11(19)8(6(3-15)4-16)12(20)10(7)18/h17-20H. The highest BCUT2D eigenvalue weighted by atomic mass is 14.5. The monoisotopic (exact) mass is 260 g/mol. The predicted molar refractivity (Wildman–Crippen MR) is 60.8 cm³/mol. The largest absolute Gasteiger partial charge is 0.298 e. The van der Waals surface area contributed by atoms with Crippen molar-refractivity contribution in [3.8, 4) is 24.3 Å². The van der Waals surface area contributed by atoms with Crippen LogP contribution < -0.4 is 31.9 Å². The second kappa shape index (κ2) is 5.18. The van der Waals surface area contributed by atoms with Gasteiger partial charge in [-0.05, 0) is 0 Å². The Bertz CT molecular complexity index is 926. The summed E-state index contributed by atoms with van der Waals surface area (Å²) in [6, 6.07) is 5.97. The van der Waals surface area contributed by atoms with Crippen molar-refractivity contribution >= 4 is 11.1 Å². The number of nitrogens with one attached hydrogen (secondary N) is 4. The van der Waals surface area contributed by atoms with Crippen molar-refractivity contribution in [2.24, 2.45) is 0 Å². The van der Waals surface area contributed by atoms with Crippen molar-refractivity contribution in [2.45, 2.75) is 0 Å². The number of benzene rings is 1. The van der Waals surface area contributed by atoms with E-state index in [1.165, 1.54) is 24.3 Å². The fraction of sp³-hybridized carbons (Fsp3) is 0. The number of hydrogen-bond donors (Lipinski definition) is 4. The van der Waals surface area contributed by atoms with Gasteiger partial charge in [-0.2, -0.15) is 21.0 Å². The van der Waals surface area contributed by atoms with Gasteiger partial charge in [0.25, 0.3) is 0 Å². The van der Waals surface area contributed by atoms with Crippen molar-refractivity contribution in [3.63, 3.8) is 0 Å². The average Bonchev–Trinajstić information content (AvgIpc) is 2.46. The van der Waals surface area contributed by atoms with Gasteiger partial charge in [-0.25, -0.2) is 0 Å². The van der Waals surface area contributed by atoms with E-state index in [1.54, 1.807) is 0 Å². The first-order valence-electron chi connectivity index (χ1n) is 4.89. The summed E-state index contributed by atoms with van der Waals surface area (Å²) in [4.78, 5) is 0. The fourth-order valence-electron chi connectivity index (χ4n) is 1.52. The summed E-state index contributed by atoms with van der Waals surface area (Å²) >= 11 is 0. The molecule has 1 rings (SSSR count). The molecule has 92 valence electrons. The van der Waals surface area contributed by atoms with Gasteiger partial charge in [0, 0.05) is 0 Å². The van der Waals surface area contributed by atoms with Crippen molar-refractivity contribution in [1.82, 2.24) is 0 Å². The smallest absolute Gasteiger partial charge is 0.141 e. The molecule has 0 aromatic heterocycles. The van der Waals surface area contributed by atoms with E-state index < -0.39 is 43.0 Å². The Morgan fingerprint density at radius 2 is 0.750 bits per heavy atom. The first-order chi connectivity index (χ1) is 9.44. The first kappa shape index (κ1) is 14.2. The van der Waals surface area contributed by atoms with E-state index in [2.05, 4.69) is 0 Å². The van der Waals surface area contributed by atoms with Gasteiger partial charge in [-0.1, -0.05) is 0 Å². The van der Waals surface area contributed by atoms with E-state index in [1.807, 2.05) is 0 Å². The second-order valence-corrected chi connectivity index (χ2v) is 3.45. The van der Waals surface area contributed by atoms with Crippen molar-refractivity contribution in [2.75, 3.05) is 0 Å². The normalized spacial score (nSPS) is 8.60. The van der Waals surface area contributed by atoms with Gasteiger partial charge in [0.1, 0.15) is 35.4 Å². The van der Waals surface area contributed by atoms with Crippen molar-refractivity contribution in [3.05, 3.63) is 31.9 Å². The summed E-state index contributed by atoms with van der Waals surface area (Å²) in [5.41, 5.74) is -1.13. The van der Waals surface area contributed by atoms with Crippen LogP contribution in [0, 0.1) is 67.0 Å². The Morgan fingerprint density at radius 1 is 0.550 bits per heavy atom. The summed E-state index contributed by atoms with van der Waals surface area (Å²) in [5.74, 6) is 0. The van der Waals surface area contributed by atoms with Crippen LogP contribution >= 0.6 is 0 Å². The molecule has 0 radical (unpaired) electrons. The molecule has 0 aliphatic carbocycles. The minimum Gasteiger partial charge on any atom is -0.298 e. The van der Waals surface area contributed by atoms with Crippen molar-refractivity contribution in [1.29, 1.82) is 42.7 Å². The Labute approximate surface area is 111 Å². The number of nitriles is 4. The number of nitrogens with zero attached hydrogens (tertiary/aromatic N) is 4. The van der Waals surface area contributed by atoms with Crippen LogP contribution in [0.3, 0.4) is 0 Å². The minimum atomic E-state index is -0.637. The van der Waals surface area contributed by atoms with Crippen LogP contribution in [-0.2, 0) is 0 Å². The molecular formula is C12H4N8. The number of hydrogen-bond acceptors (Lipinski definition) is 8. The molecule has 0 saturated heterocycles. The highest BCUT2D eigenvalue weighted by molar-refractivity contribution is 5.73. The molecule has 0 unspecified atom stereocenters. The average molecular weight is 260 g/mol. The molecule has 0 atom stereocenters. The Kier molecular flexibility index (Phi) is 3.67. The predicted octanol–water partition coefficient (Wildman–Crippen LogP) is -3.12. The third kappa shape index (κ3) is 1.86. The van der Waals surface area contributed by atoms with E-state index in [0.717, 1.165) is 0 Å². The lowest BCUT2D eigenvalue weighted by molar-refractivity contribution is 0.987. The molecule has 1 aromatic carbocycles. The van der Waals surface area contributed by atoms with E-state index in [0.29, 0.717) is 0 Å². The molecule has 0 aliphatic heterocycles. The third-order valence-electron chi connectivity index (χ3n) is 2.45. The van der Waals surface area contributed by atoms with Crippen LogP contribution in [0.1, 0.15) is 0 Å². The Balaban J connectivity index is 4.64. The summed E-state index contributed by atoms with van der Waals surface area (Å²) in [6.45, 7) is 0. The van der Waals surface area contributed by atoms with E-state index in [9.17, 15) is 0 Å².